The van der Waals surface area contributed by atoms with Gasteiger partial charge in [-0.3, -0.25) is 9.48 Å². The summed E-state index contributed by atoms with van der Waals surface area (Å²) in [5.74, 6) is 1.61. The van der Waals surface area contributed by atoms with Crippen LogP contribution in [0.3, 0.4) is 0 Å². The molecule has 0 aliphatic rings. The van der Waals surface area contributed by atoms with Crippen LogP contribution in [-0.2, 0) is 12.8 Å². The molecule has 2 rings (SSSR count). The Kier molecular flexibility index (Phi) is 4.49. The first kappa shape index (κ1) is 14.7. The highest BCUT2D eigenvalue weighted by Crippen LogP contribution is 2.29. The van der Waals surface area contributed by atoms with Gasteiger partial charge in [0, 0.05) is 23.9 Å². The summed E-state index contributed by atoms with van der Waals surface area (Å²) in [6, 6.07) is 7.59. The van der Waals surface area contributed by atoms with Crippen LogP contribution in [0.15, 0.2) is 29.3 Å². The molecule has 0 aliphatic heterocycles. The first-order valence-corrected chi connectivity index (χ1v) is 7.31. The molecule has 0 unspecified atom stereocenters. The zero-order valence-corrected chi connectivity index (χ0v) is 13.0. The van der Waals surface area contributed by atoms with Gasteiger partial charge in [-0.2, -0.15) is 5.10 Å². The van der Waals surface area contributed by atoms with Gasteiger partial charge in [-0.05, 0) is 38.1 Å². The Balaban J connectivity index is 2.21. The van der Waals surface area contributed by atoms with E-state index in [0.29, 0.717) is 5.56 Å². The van der Waals surface area contributed by atoms with E-state index in [1.807, 2.05) is 36.9 Å². The number of ether oxygens (including phenoxy) is 1. The van der Waals surface area contributed by atoms with Crippen LogP contribution in [0.1, 0.15) is 28.5 Å². The molecule has 5 heteroatoms. The van der Waals surface area contributed by atoms with Crippen LogP contribution in [0.25, 0.3) is 0 Å². The highest BCUT2D eigenvalue weighted by atomic mass is 32.2. The number of rotatable bonds is 5. The van der Waals surface area contributed by atoms with Crippen molar-refractivity contribution >= 4 is 17.5 Å². The number of carbonyl (C=O) groups is 1. The standard InChI is InChI=1S/C15H18N2O2S/c1-10-7-15(17(3)16-10)20-9-13-8-12(11(2)18)5-6-14(13)19-4/h5-8H,9H2,1-4H3. The van der Waals surface area contributed by atoms with Crippen LogP contribution >= 0.6 is 11.8 Å². The SMILES string of the molecule is COc1ccc(C(C)=O)cc1CSc1cc(C)nn1C. The Bertz CT molecular complexity index is 635. The van der Waals surface area contributed by atoms with Crippen molar-refractivity contribution in [2.75, 3.05) is 7.11 Å². The third-order valence-corrected chi connectivity index (χ3v) is 4.15. The van der Waals surface area contributed by atoms with Crippen molar-refractivity contribution in [3.8, 4) is 5.75 Å². The van der Waals surface area contributed by atoms with E-state index in [0.717, 1.165) is 27.8 Å². The molecule has 0 saturated heterocycles. The molecule has 1 heterocycles. The number of nitrogens with zero attached hydrogens (tertiary/aromatic N) is 2. The minimum absolute atomic E-state index is 0.0651. The Morgan fingerprint density at radius 1 is 1.40 bits per heavy atom. The molecule has 0 aliphatic carbocycles. The number of benzene rings is 1. The van der Waals surface area contributed by atoms with Crippen molar-refractivity contribution < 1.29 is 9.53 Å². The van der Waals surface area contributed by atoms with E-state index in [9.17, 15) is 4.79 Å². The quantitative estimate of drug-likeness (QED) is 0.626. The van der Waals surface area contributed by atoms with Crippen LogP contribution in [0.5, 0.6) is 5.75 Å². The topological polar surface area (TPSA) is 44.1 Å². The van der Waals surface area contributed by atoms with Crippen LogP contribution in [-0.4, -0.2) is 22.7 Å². The van der Waals surface area contributed by atoms with E-state index in [1.165, 1.54) is 0 Å². The first-order chi connectivity index (χ1) is 9.51. The second-order valence-corrected chi connectivity index (χ2v) is 5.61. The summed E-state index contributed by atoms with van der Waals surface area (Å²) in [6.07, 6.45) is 0. The van der Waals surface area contributed by atoms with Crippen LogP contribution in [0, 0.1) is 6.92 Å². The molecule has 0 spiro atoms. The van der Waals surface area contributed by atoms with E-state index in [-0.39, 0.29) is 5.78 Å². The van der Waals surface area contributed by atoms with Gasteiger partial charge < -0.3 is 4.74 Å². The normalized spacial score (nSPS) is 10.6. The largest absolute Gasteiger partial charge is 0.496 e. The summed E-state index contributed by atoms with van der Waals surface area (Å²) in [7, 11) is 3.57. The number of aryl methyl sites for hydroxylation is 2. The zero-order valence-electron chi connectivity index (χ0n) is 12.1. The van der Waals surface area contributed by atoms with E-state index in [2.05, 4.69) is 5.10 Å². The Morgan fingerprint density at radius 2 is 2.15 bits per heavy atom. The molecule has 0 fully saturated rings. The van der Waals surface area contributed by atoms with Crippen LogP contribution in [0.2, 0.25) is 0 Å². The molecular formula is C15H18N2O2S. The van der Waals surface area contributed by atoms with Crippen molar-refractivity contribution in [1.29, 1.82) is 0 Å². The van der Waals surface area contributed by atoms with Gasteiger partial charge in [-0.15, -0.1) is 11.8 Å². The summed E-state index contributed by atoms with van der Waals surface area (Å²) in [4.78, 5) is 11.5. The minimum Gasteiger partial charge on any atom is -0.496 e. The number of carbonyl (C=O) groups excluding carboxylic acids is 1. The third-order valence-electron chi connectivity index (χ3n) is 3.02. The van der Waals surface area contributed by atoms with Gasteiger partial charge in [0.2, 0.25) is 0 Å². The fourth-order valence-corrected chi connectivity index (χ4v) is 2.99. The third kappa shape index (κ3) is 3.22. The fourth-order valence-electron chi connectivity index (χ4n) is 1.98. The number of methoxy groups -OCH3 is 1. The highest BCUT2D eigenvalue weighted by molar-refractivity contribution is 7.98. The zero-order chi connectivity index (χ0) is 14.7. The molecule has 2 aromatic rings. The number of hydrogen-bond donors (Lipinski definition) is 0. The molecule has 0 radical (unpaired) electrons. The maximum atomic E-state index is 11.5. The van der Waals surface area contributed by atoms with E-state index in [4.69, 9.17) is 4.74 Å². The maximum Gasteiger partial charge on any atom is 0.159 e. The van der Waals surface area contributed by atoms with Crippen molar-refractivity contribution in [1.82, 2.24) is 9.78 Å². The van der Waals surface area contributed by atoms with Crippen LogP contribution < -0.4 is 4.74 Å². The molecule has 1 aromatic heterocycles. The molecule has 0 bridgehead atoms. The van der Waals surface area contributed by atoms with E-state index < -0.39 is 0 Å². The van der Waals surface area contributed by atoms with Gasteiger partial charge in [0.05, 0.1) is 17.8 Å². The van der Waals surface area contributed by atoms with Crippen molar-refractivity contribution in [2.24, 2.45) is 7.05 Å². The Labute approximate surface area is 123 Å². The summed E-state index contributed by atoms with van der Waals surface area (Å²) < 4.78 is 7.22. The van der Waals surface area contributed by atoms with Crippen LogP contribution in [0.4, 0.5) is 0 Å². The molecule has 0 amide bonds. The average Bonchev–Trinajstić information content (AvgIpc) is 2.74. The summed E-state index contributed by atoms with van der Waals surface area (Å²) >= 11 is 1.68. The number of aromatic nitrogens is 2. The second kappa shape index (κ2) is 6.13. The van der Waals surface area contributed by atoms with Gasteiger partial charge in [-0.1, -0.05) is 0 Å². The molecule has 4 nitrogen and oxygen atoms in total. The van der Waals surface area contributed by atoms with E-state index >= 15 is 0 Å². The number of thioether (sulfide) groups is 1. The first-order valence-electron chi connectivity index (χ1n) is 6.32. The molecule has 0 N–H and O–H groups in total. The minimum atomic E-state index is 0.0651. The molecular weight excluding hydrogens is 272 g/mol. The summed E-state index contributed by atoms with van der Waals surface area (Å²) in [5, 5.41) is 5.42. The number of Topliss-reactive ketones (excluding diaryl/α,β-unsaturated/α-hetero) is 1. The van der Waals surface area contributed by atoms with Gasteiger partial charge in [-0.25, -0.2) is 0 Å². The molecule has 106 valence electrons. The van der Waals surface area contributed by atoms with Gasteiger partial charge in [0.25, 0.3) is 0 Å². The Hall–Kier alpha value is -1.75. The lowest BCUT2D eigenvalue weighted by Crippen LogP contribution is -1.98. The van der Waals surface area contributed by atoms with Gasteiger partial charge in [0.1, 0.15) is 5.75 Å². The molecule has 0 saturated carbocycles. The highest BCUT2D eigenvalue weighted by Gasteiger charge is 2.09. The number of hydrogen-bond acceptors (Lipinski definition) is 4. The van der Waals surface area contributed by atoms with E-state index in [1.54, 1.807) is 31.9 Å². The lowest BCUT2D eigenvalue weighted by Gasteiger charge is -2.09. The molecule has 0 atom stereocenters. The lowest BCUT2D eigenvalue weighted by atomic mass is 10.1. The average molecular weight is 290 g/mol. The maximum absolute atomic E-state index is 11.5. The van der Waals surface area contributed by atoms with Crippen molar-refractivity contribution in [3.63, 3.8) is 0 Å². The monoisotopic (exact) mass is 290 g/mol. The predicted molar refractivity (Wildman–Crippen MR) is 80.5 cm³/mol. The predicted octanol–water partition coefficient (Wildman–Crippen LogP) is 3.23. The van der Waals surface area contributed by atoms with Crippen molar-refractivity contribution in [3.05, 3.63) is 41.1 Å². The molecule has 1 aromatic carbocycles. The smallest absolute Gasteiger partial charge is 0.159 e. The lowest BCUT2D eigenvalue weighted by molar-refractivity contribution is 0.101. The van der Waals surface area contributed by atoms with Gasteiger partial charge in [0.15, 0.2) is 5.78 Å². The number of ketones is 1. The fraction of sp³-hybridized carbons (Fsp3) is 0.333. The summed E-state index contributed by atoms with van der Waals surface area (Å²) in [6.45, 7) is 3.55. The van der Waals surface area contributed by atoms with Gasteiger partial charge >= 0.3 is 0 Å². The Morgan fingerprint density at radius 3 is 2.70 bits per heavy atom. The van der Waals surface area contributed by atoms with Crippen molar-refractivity contribution in [2.45, 2.75) is 24.6 Å². The molecule has 20 heavy (non-hydrogen) atoms. The second-order valence-electron chi connectivity index (χ2n) is 4.62. The summed E-state index contributed by atoms with van der Waals surface area (Å²) in [5.41, 5.74) is 2.73.